The average Bonchev–Trinajstić information content (AvgIpc) is 2.41. The molecule has 0 amide bonds. The molecule has 0 rings (SSSR count). The Bertz CT molecular complexity index is 160. The minimum Gasteiger partial charge on any atom is -0.350 e. The lowest BCUT2D eigenvalue weighted by atomic mass is 10.0. The molecule has 0 heterocycles. The summed E-state index contributed by atoms with van der Waals surface area (Å²) in [6.45, 7) is 10.4. The van der Waals surface area contributed by atoms with Crippen LogP contribution in [0.3, 0.4) is 0 Å². The average molecular weight is 258 g/mol. The molecule has 0 atom stereocenters. The van der Waals surface area contributed by atoms with E-state index in [0.717, 1.165) is 38.9 Å². The monoisotopic (exact) mass is 258 g/mol. The molecule has 2 heteroatoms. The van der Waals surface area contributed by atoms with Crippen LogP contribution in [0.15, 0.2) is 0 Å². The Balaban J connectivity index is 4.07. The molecule has 0 aromatic heterocycles. The zero-order chi connectivity index (χ0) is 13.7. The molecular weight excluding hydrogens is 224 g/mol. The number of hydrogen-bond donors (Lipinski definition) is 0. The number of rotatable bonds is 13. The van der Waals surface area contributed by atoms with Crippen LogP contribution >= 0.6 is 0 Å². The van der Waals surface area contributed by atoms with E-state index in [0.29, 0.717) is 0 Å². The van der Waals surface area contributed by atoms with Gasteiger partial charge in [-0.3, -0.25) is 0 Å². The largest absolute Gasteiger partial charge is 0.350 e. The second-order valence-corrected chi connectivity index (χ2v) is 5.13. The fraction of sp³-hybridized carbons (Fsp3) is 1.00. The van der Waals surface area contributed by atoms with Crippen LogP contribution in [0.25, 0.3) is 0 Å². The van der Waals surface area contributed by atoms with Gasteiger partial charge >= 0.3 is 0 Å². The Morgan fingerprint density at radius 3 is 1.67 bits per heavy atom. The van der Waals surface area contributed by atoms with Gasteiger partial charge in [0.25, 0.3) is 0 Å². The van der Waals surface area contributed by atoms with E-state index in [2.05, 4.69) is 27.7 Å². The summed E-state index contributed by atoms with van der Waals surface area (Å²) in [5, 5.41) is 0. The molecule has 0 aromatic carbocycles. The van der Waals surface area contributed by atoms with Crippen molar-refractivity contribution in [2.45, 2.75) is 91.3 Å². The Labute approximate surface area is 114 Å². The van der Waals surface area contributed by atoms with E-state index in [1.165, 1.54) is 32.1 Å². The molecule has 0 aliphatic heterocycles. The summed E-state index contributed by atoms with van der Waals surface area (Å²) in [5.41, 5.74) is 0. The lowest BCUT2D eigenvalue weighted by Gasteiger charge is -2.33. The zero-order valence-corrected chi connectivity index (χ0v) is 13.1. The quantitative estimate of drug-likeness (QED) is 0.329. The Hall–Kier alpha value is -0.0800. The molecule has 2 nitrogen and oxygen atoms in total. The molecule has 0 saturated carbocycles. The fourth-order valence-corrected chi connectivity index (χ4v) is 2.14. The molecule has 0 aliphatic rings. The first-order chi connectivity index (χ1) is 8.74. The van der Waals surface area contributed by atoms with E-state index in [1.807, 2.05) is 0 Å². The summed E-state index contributed by atoms with van der Waals surface area (Å²) in [4.78, 5) is 0. The van der Waals surface area contributed by atoms with Crippen molar-refractivity contribution >= 4 is 0 Å². The van der Waals surface area contributed by atoms with Crippen molar-refractivity contribution in [3.63, 3.8) is 0 Å². The normalized spacial score (nSPS) is 12.0. The molecule has 0 aliphatic carbocycles. The number of ether oxygens (including phenoxy) is 2. The van der Waals surface area contributed by atoms with Crippen LogP contribution in [0.5, 0.6) is 0 Å². The van der Waals surface area contributed by atoms with Gasteiger partial charge in [-0.1, -0.05) is 53.4 Å². The molecule has 0 fully saturated rings. The maximum absolute atomic E-state index is 6.01. The van der Waals surface area contributed by atoms with E-state index >= 15 is 0 Å². The van der Waals surface area contributed by atoms with Crippen LogP contribution in [0.1, 0.15) is 85.5 Å². The van der Waals surface area contributed by atoms with E-state index in [1.54, 1.807) is 0 Å². The van der Waals surface area contributed by atoms with Gasteiger partial charge in [-0.05, 0) is 25.7 Å². The van der Waals surface area contributed by atoms with Crippen molar-refractivity contribution in [1.29, 1.82) is 0 Å². The van der Waals surface area contributed by atoms with Crippen LogP contribution in [0.2, 0.25) is 0 Å². The zero-order valence-electron chi connectivity index (χ0n) is 13.1. The summed E-state index contributed by atoms with van der Waals surface area (Å²) < 4.78 is 12.0. The number of hydrogen-bond acceptors (Lipinski definition) is 2. The smallest absolute Gasteiger partial charge is 0.168 e. The van der Waals surface area contributed by atoms with E-state index in [9.17, 15) is 0 Å². The first-order valence-electron chi connectivity index (χ1n) is 8.02. The topological polar surface area (TPSA) is 18.5 Å². The standard InChI is InChI=1S/C16H34O2/c1-5-9-10-11-12-13-16(8-4,17-14-6-2)18-15-7-3/h5-15H2,1-4H3. The maximum atomic E-state index is 6.01. The summed E-state index contributed by atoms with van der Waals surface area (Å²) in [7, 11) is 0. The molecular formula is C16H34O2. The van der Waals surface area contributed by atoms with Crippen molar-refractivity contribution in [1.82, 2.24) is 0 Å². The van der Waals surface area contributed by atoms with Crippen molar-refractivity contribution < 1.29 is 9.47 Å². The Morgan fingerprint density at radius 2 is 1.22 bits per heavy atom. The molecule has 0 unspecified atom stereocenters. The first-order valence-corrected chi connectivity index (χ1v) is 8.02. The highest BCUT2D eigenvalue weighted by Gasteiger charge is 2.28. The van der Waals surface area contributed by atoms with Crippen LogP contribution in [-0.2, 0) is 9.47 Å². The lowest BCUT2D eigenvalue weighted by Crippen LogP contribution is -2.36. The molecule has 0 N–H and O–H groups in total. The van der Waals surface area contributed by atoms with Crippen LogP contribution in [0, 0.1) is 0 Å². The highest BCUT2D eigenvalue weighted by Crippen LogP contribution is 2.26. The van der Waals surface area contributed by atoms with E-state index in [4.69, 9.17) is 9.47 Å². The highest BCUT2D eigenvalue weighted by atomic mass is 16.7. The van der Waals surface area contributed by atoms with Gasteiger partial charge in [0.05, 0.1) is 0 Å². The highest BCUT2D eigenvalue weighted by molar-refractivity contribution is 4.68. The fourth-order valence-electron chi connectivity index (χ4n) is 2.14. The number of unbranched alkanes of at least 4 members (excludes halogenated alkanes) is 4. The summed E-state index contributed by atoms with van der Waals surface area (Å²) in [6.07, 6.45) is 10.7. The predicted molar refractivity (Wildman–Crippen MR) is 78.9 cm³/mol. The first kappa shape index (κ1) is 17.9. The van der Waals surface area contributed by atoms with Gasteiger partial charge in [0.1, 0.15) is 0 Å². The molecule has 0 spiro atoms. The second kappa shape index (κ2) is 12.0. The Morgan fingerprint density at radius 1 is 0.667 bits per heavy atom. The minimum absolute atomic E-state index is 0.307. The van der Waals surface area contributed by atoms with Gasteiger partial charge in [0, 0.05) is 19.6 Å². The van der Waals surface area contributed by atoms with E-state index in [-0.39, 0.29) is 5.79 Å². The lowest BCUT2D eigenvalue weighted by molar-refractivity contribution is -0.243. The van der Waals surface area contributed by atoms with Crippen molar-refractivity contribution in [3.8, 4) is 0 Å². The SMILES string of the molecule is CCCCCCCC(CC)(OCCC)OCCC. The second-order valence-electron chi connectivity index (χ2n) is 5.13. The third-order valence-electron chi connectivity index (χ3n) is 3.34. The van der Waals surface area contributed by atoms with Crippen LogP contribution in [0.4, 0.5) is 0 Å². The summed E-state index contributed by atoms with van der Waals surface area (Å²) in [6, 6.07) is 0. The van der Waals surface area contributed by atoms with Gasteiger partial charge < -0.3 is 9.47 Å². The van der Waals surface area contributed by atoms with Crippen molar-refractivity contribution in [2.75, 3.05) is 13.2 Å². The summed E-state index contributed by atoms with van der Waals surface area (Å²) in [5.74, 6) is -0.307. The van der Waals surface area contributed by atoms with E-state index < -0.39 is 0 Å². The minimum atomic E-state index is -0.307. The molecule has 18 heavy (non-hydrogen) atoms. The van der Waals surface area contributed by atoms with Gasteiger partial charge in [0.15, 0.2) is 5.79 Å². The summed E-state index contributed by atoms with van der Waals surface area (Å²) >= 11 is 0. The van der Waals surface area contributed by atoms with Gasteiger partial charge in [-0.15, -0.1) is 0 Å². The third-order valence-corrected chi connectivity index (χ3v) is 3.34. The molecule has 0 saturated heterocycles. The van der Waals surface area contributed by atoms with Crippen molar-refractivity contribution in [3.05, 3.63) is 0 Å². The molecule has 0 radical (unpaired) electrons. The van der Waals surface area contributed by atoms with Crippen LogP contribution < -0.4 is 0 Å². The molecule has 0 bridgehead atoms. The maximum Gasteiger partial charge on any atom is 0.168 e. The third kappa shape index (κ3) is 8.10. The molecule has 0 aromatic rings. The molecule has 110 valence electrons. The van der Waals surface area contributed by atoms with Gasteiger partial charge in [-0.2, -0.15) is 0 Å². The van der Waals surface area contributed by atoms with Gasteiger partial charge in [-0.25, -0.2) is 0 Å². The Kier molecular flexibility index (Phi) is 11.9. The predicted octanol–water partition coefficient (Wildman–Crippen LogP) is 5.31. The van der Waals surface area contributed by atoms with Gasteiger partial charge in [0.2, 0.25) is 0 Å². The van der Waals surface area contributed by atoms with Crippen LogP contribution in [-0.4, -0.2) is 19.0 Å². The van der Waals surface area contributed by atoms with Crippen molar-refractivity contribution in [2.24, 2.45) is 0 Å².